The average molecular weight is 461 g/mol. The van der Waals surface area contributed by atoms with E-state index in [0.717, 1.165) is 41.0 Å². The van der Waals surface area contributed by atoms with Crippen LogP contribution in [-0.4, -0.2) is 42.7 Å². The van der Waals surface area contributed by atoms with Crippen LogP contribution in [0.2, 0.25) is 5.02 Å². The molecule has 0 bridgehead atoms. The van der Waals surface area contributed by atoms with E-state index in [1.54, 1.807) is 18.5 Å². The molecule has 0 spiro atoms. The minimum Gasteiger partial charge on any atom is -0.495 e. The number of carbonyl (C=O) groups excluding carboxylic acids is 1. The number of hydrogen-bond acceptors (Lipinski definition) is 7. The van der Waals surface area contributed by atoms with Gasteiger partial charge in [0.25, 0.3) is 5.91 Å². The number of anilines is 2. The topological polar surface area (TPSA) is 76.6 Å². The van der Waals surface area contributed by atoms with Crippen LogP contribution in [0.1, 0.15) is 41.4 Å². The standard InChI is InChI=1S/C22H25ClN4O3S/c1-12-7-5-6-8-27(12)20-18-13(2)19(31-22(18)25-11-24-20)21(28)26-15-9-14(23)16(29-3)10-17(15)30-4/h9-12H,5-8H2,1-4H3,(H,26,28). The maximum Gasteiger partial charge on any atom is 0.266 e. The highest BCUT2D eigenvalue weighted by atomic mass is 35.5. The summed E-state index contributed by atoms with van der Waals surface area (Å²) in [6.07, 6.45) is 5.10. The summed E-state index contributed by atoms with van der Waals surface area (Å²) < 4.78 is 10.6. The van der Waals surface area contributed by atoms with Crippen LogP contribution in [0.4, 0.5) is 11.5 Å². The number of fused-ring (bicyclic) bond motifs is 1. The summed E-state index contributed by atoms with van der Waals surface area (Å²) in [4.78, 5) is 26.0. The number of rotatable bonds is 5. The summed E-state index contributed by atoms with van der Waals surface area (Å²) in [7, 11) is 3.06. The van der Waals surface area contributed by atoms with Crippen LogP contribution in [0.3, 0.4) is 0 Å². The first-order valence-corrected chi connectivity index (χ1v) is 11.4. The fourth-order valence-corrected chi connectivity index (χ4v) is 5.32. The van der Waals surface area contributed by atoms with E-state index in [-0.39, 0.29) is 5.91 Å². The first-order chi connectivity index (χ1) is 14.9. The molecule has 4 rings (SSSR count). The molecule has 3 heterocycles. The van der Waals surface area contributed by atoms with Crippen molar-refractivity contribution in [1.82, 2.24) is 9.97 Å². The summed E-state index contributed by atoms with van der Waals surface area (Å²) in [5.41, 5.74) is 1.36. The van der Waals surface area contributed by atoms with Gasteiger partial charge in [-0.25, -0.2) is 9.97 Å². The van der Waals surface area contributed by atoms with Crippen molar-refractivity contribution in [2.45, 2.75) is 39.2 Å². The molecule has 1 amide bonds. The number of methoxy groups -OCH3 is 2. The van der Waals surface area contributed by atoms with Gasteiger partial charge in [-0.15, -0.1) is 11.3 Å². The Bertz CT molecular complexity index is 1130. The van der Waals surface area contributed by atoms with E-state index in [2.05, 4.69) is 27.1 Å². The average Bonchev–Trinajstić information content (AvgIpc) is 3.11. The van der Waals surface area contributed by atoms with Gasteiger partial charge in [-0.1, -0.05) is 11.6 Å². The Labute approximate surface area is 190 Å². The van der Waals surface area contributed by atoms with Crippen molar-refractivity contribution in [2.24, 2.45) is 0 Å². The van der Waals surface area contributed by atoms with Crippen molar-refractivity contribution in [1.29, 1.82) is 0 Å². The van der Waals surface area contributed by atoms with Crippen molar-refractivity contribution in [3.05, 3.63) is 33.9 Å². The number of carbonyl (C=O) groups is 1. The molecule has 0 saturated carbocycles. The normalized spacial score (nSPS) is 16.4. The number of nitrogens with zero attached hydrogens (tertiary/aromatic N) is 3. The molecule has 1 saturated heterocycles. The molecule has 7 nitrogen and oxygen atoms in total. The highest BCUT2D eigenvalue weighted by Crippen LogP contribution is 2.39. The van der Waals surface area contributed by atoms with Crippen LogP contribution < -0.4 is 19.7 Å². The van der Waals surface area contributed by atoms with Crippen molar-refractivity contribution in [3.8, 4) is 11.5 Å². The lowest BCUT2D eigenvalue weighted by atomic mass is 10.0. The summed E-state index contributed by atoms with van der Waals surface area (Å²) in [6, 6.07) is 3.69. The number of hydrogen-bond donors (Lipinski definition) is 1. The Morgan fingerprint density at radius 1 is 1.23 bits per heavy atom. The van der Waals surface area contributed by atoms with Gasteiger partial charge in [-0.05, 0) is 44.7 Å². The second-order valence-electron chi connectivity index (χ2n) is 7.61. The Morgan fingerprint density at radius 2 is 2.00 bits per heavy atom. The lowest BCUT2D eigenvalue weighted by Gasteiger charge is -2.34. The van der Waals surface area contributed by atoms with Gasteiger partial charge in [0.15, 0.2) is 0 Å². The number of aryl methyl sites for hydroxylation is 1. The highest BCUT2D eigenvalue weighted by molar-refractivity contribution is 7.20. The van der Waals surface area contributed by atoms with Gasteiger partial charge in [-0.2, -0.15) is 0 Å². The van der Waals surface area contributed by atoms with Crippen LogP contribution in [0, 0.1) is 6.92 Å². The van der Waals surface area contributed by atoms with E-state index < -0.39 is 0 Å². The SMILES string of the molecule is COc1cc(OC)c(NC(=O)c2sc3ncnc(N4CCCCC4C)c3c2C)cc1Cl. The fraction of sp³-hybridized carbons (Fsp3) is 0.409. The van der Waals surface area contributed by atoms with Crippen LogP contribution in [0.15, 0.2) is 18.5 Å². The van der Waals surface area contributed by atoms with Gasteiger partial charge in [0.05, 0.1) is 35.2 Å². The lowest BCUT2D eigenvalue weighted by Crippen LogP contribution is -2.38. The molecule has 3 aromatic rings. The molecule has 2 aromatic heterocycles. The van der Waals surface area contributed by atoms with Crippen molar-refractivity contribution in [3.63, 3.8) is 0 Å². The Morgan fingerprint density at radius 3 is 2.71 bits per heavy atom. The number of aromatic nitrogens is 2. The van der Waals surface area contributed by atoms with E-state index in [4.69, 9.17) is 21.1 Å². The highest BCUT2D eigenvalue weighted by Gasteiger charge is 2.26. The summed E-state index contributed by atoms with van der Waals surface area (Å²) in [6.45, 7) is 5.14. The minimum atomic E-state index is -0.238. The maximum absolute atomic E-state index is 13.2. The van der Waals surface area contributed by atoms with Gasteiger partial charge in [-0.3, -0.25) is 4.79 Å². The van der Waals surface area contributed by atoms with Crippen molar-refractivity contribution < 1.29 is 14.3 Å². The predicted molar refractivity (Wildman–Crippen MR) is 125 cm³/mol. The summed E-state index contributed by atoms with van der Waals surface area (Å²) >= 11 is 7.62. The molecular weight excluding hydrogens is 436 g/mol. The second-order valence-corrected chi connectivity index (χ2v) is 9.02. The third kappa shape index (κ3) is 4.02. The number of amides is 1. The molecule has 1 aromatic carbocycles. The van der Waals surface area contributed by atoms with Crippen LogP contribution in [0.5, 0.6) is 11.5 Å². The van der Waals surface area contributed by atoms with E-state index in [1.165, 1.54) is 32.0 Å². The van der Waals surface area contributed by atoms with E-state index >= 15 is 0 Å². The minimum absolute atomic E-state index is 0.238. The molecule has 9 heteroatoms. The Balaban J connectivity index is 1.71. The van der Waals surface area contributed by atoms with Gasteiger partial charge in [0, 0.05) is 18.7 Å². The van der Waals surface area contributed by atoms with Crippen molar-refractivity contribution in [2.75, 3.05) is 31.0 Å². The summed E-state index contributed by atoms with van der Waals surface area (Å²) in [5.74, 6) is 1.62. The molecule has 1 aliphatic heterocycles. The zero-order valence-corrected chi connectivity index (χ0v) is 19.6. The van der Waals surface area contributed by atoms with E-state index in [0.29, 0.717) is 33.1 Å². The monoisotopic (exact) mass is 460 g/mol. The van der Waals surface area contributed by atoms with Crippen LogP contribution in [-0.2, 0) is 0 Å². The first-order valence-electron chi connectivity index (χ1n) is 10.2. The summed E-state index contributed by atoms with van der Waals surface area (Å²) in [5, 5.41) is 4.26. The van der Waals surface area contributed by atoms with Gasteiger partial charge >= 0.3 is 0 Å². The molecule has 0 aliphatic carbocycles. The Hall–Kier alpha value is -2.58. The first kappa shape index (κ1) is 21.6. The molecule has 1 fully saturated rings. The molecular formula is C22H25ClN4O3S. The largest absolute Gasteiger partial charge is 0.495 e. The van der Waals surface area contributed by atoms with Gasteiger partial charge in [0.2, 0.25) is 0 Å². The quantitative estimate of drug-likeness (QED) is 0.556. The molecule has 164 valence electrons. The van der Waals surface area contributed by atoms with Crippen LogP contribution >= 0.6 is 22.9 Å². The number of nitrogens with one attached hydrogen (secondary N) is 1. The number of piperidine rings is 1. The number of thiophene rings is 1. The molecule has 0 radical (unpaired) electrons. The zero-order chi connectivity index (χ0) is 22.1. The van der Waals surface area contributed by atoms with Crippen LogP contribution in [0.25, 0.3) is 10.2 Å². The molecule has 1 aliphatic rings. The maximum atomic E-state index is 13.2. The Kier molecular flexibility index (Phi) is 6.20. The molecule has 1 N–H and O–H groups in total. The lowest BCUT2D eigenvalue weighted by molar-refractivity contribution is 0.102. The molecule has 1 atom stereocenters. The second kappa shape index (κ2) is 8.88. The smallest absolute Gasteiger partial charge is 0.266 e. The van der Waals surface area contributed by atoms with Gasteiger partial charge in [0.1, 0.15) is 28.5 Å². The predicted octanol–water partition coefficient (Wildman–Crippen LogP) is 5.30. The van der Waals surface area contributed by atoms with E-state index in [1.807, 2.05) is 6.92 Å². The molecule has 1 unspecified atom stereocenters. The van der Waals surface area contributed by atoms with Crippen molar-refractivity contribution >= 4 is 50.6 Å². The third-order valence-electron chi connectivity index (χ3n) is 5.71. The fourth-order valence-electron chi connectivity index (χ4n) is 4.04. The third-order valence-corrected chi connectivity index (χ3v) is 7.20. The van der Waals surface area contributed by atoms with Gasteiger partial charge < -0.3 is 19.7 Å². The zero-order valence-electron chi connectivity index (χ0n) is 18.0. The number of halogens is 1. The molecule has 31 heavy (non-hydrogen) atoms. The van der Waals surface area contributed by atoms with E-state index in [9.17, 15) is 4.79 Å². The number of benzene rings is 1. The number of ether oxygens (including phenoxy) is 2.